The van der Waals surface area contributed by atoms with E-state index in [-0.39, 0.29) is 17.9 Å². The minimum Gasteiger partial charge on any atom is -0.387 e. The summed E-state index contributed by atoms with van der Waals surface area (Å²) in [4.78, 5) is 31.1. The molecule has 0 radical (unpaired) electrons. The summed E-state index contributed by atoms with van der Waals surface area (Å²) in [5, 5.41) is 29.7. The lowest BCUT2D eigenvalue weighted by Gasteiger charge is -2.14. The third-order valence-corrected chi connectivity index (χ3v) is 5.08. The first-order valence-electron chi connectivity index (χ1n) is 9.48. The predicted molar refractivity (Wildman–Crippen MR) is 106 cm³/mol. The van der Waals surface area contributed by atoms with Gasteiger partial charge in [0.25, 0.3) is 0 Å². The fourth-order valence-corrected chi connectivity index (χ4v) is 3.21. The quantitative estimate of drug-likeness (QED) is 0.0984. The average Bonchev–Trinajstić information content (AvgIpc) is 3.38. The monoisotopic (exact) mass is 527 g/mol. The van der Waals surface area contributed by atoms with Gasteiger partial charge in [0.2, 0.25) is 0 Å². The van der Waals surface area contributed by atoms with Crippen molar-refractivity contribution in [2.24, 2.45) is 0 Å². The second kappa shape index (κ2) is 10.9. The largest absolute Gasteiger partial charge is 0.469 e. The van der Waals surface area contributed by atoms with Crippen LogP contribution in [0.25, 0.3) is 11.2 Å². The molecule has 1 aliphatic rings. The second-order valence-electron chi connectivity index (χ2n) is 6.97. The van der Waals surface area contributed by atoms with Gasteiger partial charge in [0, 0.05) is 12.1 Å². The molecule has 0 amide bonds. The summed E-state index contributed by atoms with van der Waals surface area (Å²) < 4.78 is 71.5. The highest BCUT2D eigenvalue weighted by Crippen LogP contribution is 2.37. The molecule has 1 saturated heterocycles. The number of nitrogens with one attached hydrogen (secondary N) is 2. The molecule has 1 aromatic carbocycles. The van der Waals surface area contributed by atoms with Crippen LogP contribution in [0, 0.1) is 23.3 Å². The third-order valence-electron chi connectivity index (χ3n) is 4.59. The maximum atomic E-state index is 13.5. The van der Waals surface area contributed by atoms with Crippen LogP contribution in [0.15, 0.2) is 18.7 Å². The van der Waals surface area contributed by atoms with E-state index in [1.807, 2.05) is 0 Å². The number of halogens is 4. The molecule has 0 saturated carbocycles. The molecular formula is C17H18F4N5O8P. The number of ether oxygens (including phenoxy) is 1. The van der Waals surface area contributed by atoms with Crippen LogP contribution in [0.3, 0.4) is 0 Å². The number of aromatic nitrogens is 4. The van der Waals surface area contributed by atoms with E-state index < -0.39 is 62.3 Å². The van der Waals surface area contributed by atoms with Crippen molar-refractivity contribution in [3.63, 3.8) is 0 Å². The van der Waals surface area contributed by atoms with Crippen molar-refractivity contribution in [2.45, 2.75) is 31.1 Å². The SMILES string of the molecule is Fc1cc(CNc2ncnc3nc[nH]c23)c(F)c(F)c1F.O=P(O)(O)OC[C@H]1OC(O)[C@H](O)[C@@H]1O. The first-order chi connectivity index (χ1) is 16.4. The lowest BCUT2D eigenvalue weighted by Crippen LogP contribution is -2.34. The first-order valence-corrected chi connectivity index (χ1v) is 11.0. The van der Waals surface area contributed by atoms with Gasteiger partial charge in [-0.05, 0) is 6.07 Å². The Morgan fingerprint density at radius 3 is 2.40 bits per heavy atom. The van der Waals surface area contributed by atoms with E-state index in [1.165, 1.54) is 12.7 Å². The third kappa shape index (κ3) is 6.47. The molecule has 192 valence electrons. The summed E-state index contributed by atoms with van der Waals surface area (Å²) in [5.41, 5.74) is 0.475. The fraction of sp³-hybridized carbons (Fsp3) is 0.353. The van der Waals surface area contributed by atoms with Gasteiger partial charge in [-0.15, -0.1) is 0 Å². The standard InChI is InChI=1S/C12H7F4N5.C5H11O8P/c13-6-1-5(7(14)9(16)8(6)15)2-17-11-10-12(19-3-18-10)21-4-20-11;6-3-2(1-12-14(9,10)11)13-5(8)4(3)7/h1,3-4H,2H2,(H2,17,18,19,20,21);2-8H,1H2,(H2,9,10,11)/t;2-,3-,4-,5?/m.1/s1. The van der Waals surface area contributed by atoms with Gasteiger partial charge in [-0.25, -0.2) is 37.1 Å². The molecule has 0 bridgehead atoms. The molecule has 0 spiro atoms. The van der Waals surface area contributed by atoms with E-state index in [0.29, 0.717) is 17.2 Å². The number of hydrogen-bond acceptors (Lipinski definition) is 10. The van der Waals surface area contributed by atoms with Gasteiger partial charge in [-0.1, -0.05) is 0 Å². The maximum Gasteiger partial charge on any atom is 0.469 e. The van der Waals surface area contributed by atoms with Crippen LogP contribution in [0.2, 0.25) is 0 Å². The van der Waals surface area contributed by atoms with Crippen LogP contribution >= 0.6 is 7.82 Å². The Balaban J connectivity index is 0.000000214. The zero-order chi connectivity index (χ0) is 25.9. The summed E-state index contributed by atoms with van der Waals surface area (Å²) in [5.74, 6) is -6.31. The van der Waals surface area contributed by atoms with Gasteiger partial charge >= 0.3 is 7.82 Å². The smallest absolute Gasteiger partial charge is 0.387 e. The highest BCUT2D eigenvalue weighted by Gasteiger charge is 2.42. The number of aliphatic hydroxyl groups excluding tert-OH is 3. The lowest BCUT2D eigenvalue weighted by molar-refractivity contribution is -0.132. The Bertz CT molecular complexity index is 1230. The topological polar surface area (TPSA) is 203 Å². The molecular weight excluding hydrogens is 509 g/mol. The van der Waals surface area contributed by atoms with Crippen molar-refractivity contribution in [3.8, 4) is 0 Å². The number of aromatic amines is 1. The molecule has 2 aromatic heterocycles. The Kier molecular flexibility index (Phi) is 8.34. The van der Waals surface area contributed by atoms with E-state index in [9.17, 15) is 22.1 Å². The molecule has 3 aromatic rings. The number of benzene rings is 1. The number of imidazole rings is 1. The van der Waals surface area contributed by atoms with Gasteiger partial charge < -0.3 is 40.1 Å². The highest BCUT2D eigenvalue weighted by atomic mass is 31.2. The predicted octanol–water partition coefficient (Wildman–Crippen LogP) is 0.0561. The Morgan fingerprint density at radius 2 is 1.77 bits per heavy atom. The molecule has 7 N–H and O–H groups in total. The van der Waals surface area contributed by atoms with Crippen molar-refractivity contribution in [1.29, 1.82) is 0 Å². The van der Waals surface area contributed by atoms with Crippen molar-refractivity contribution >= 4 is 24.8 Å². The van der Waals surface area contributed by atoms with Gasteiger partial charge in [0.15, 0.2) is 41.0 Å². The fourth-order valence-electron chi connectivity index (χ4n) is 2.87. The normalized spacial score (nSPS) is 22.2. The van der Waals surface area contributed by atoms with Crippen LogP contribution in [-0.2, 0) is 20.4 Å². The zero-order valence-corrected chi connectivity index (χ0v) is 18.1. The molecule has 13 nitrogen and oxygen atoms in total. The molecule has 1 aliphatic heterocycles. The Hall–Kier alpha value is -2.76. The number of H-pyrrole nitrogens is 1. The molecule has 4 atom stereocenters. The van der Waals surface area contributed by atoms with Crippen molar-refractivity contribution in [2.75, 3.05) is 11.9 Å². The summed E-state index contributed by atoms with van der Waals surface area (Å²) >= 11 is 0. The zero-order valence-electron chi connectivity index (χ0n) is 17.2. The van der Waals surface area contributed by atoms with Crippen LogP contribution in [0.1, 0.15) is 5.56 Å². The van der Waals surface area contributed by atoms with E-state index in [2.05, 4.69) is 34.5 Å². The minimum atomic E-state index is -4.64. The van der Waals surface area contributed by atoms with Crippen LogP contribution in [0.5, 0.6) is 0 Å². The highest BCUT2D eigenvalue weighted by molar-refractivity contribution is 7.46. The molecule has 35 heavy (non-hydrogen) atoms. The number of phosphoric acid groups is 1. The van der Waals surface area contributed by atoms with E-state index in [4.69, 9.17) is 25.1 Å². The Labute approximate surface area is 192 Å². The van der Waals surface area contributed by atoms with Gasteiger partial charge in [0.05, 0.1) is 12.9 Å². The lowest BCUT2D eigenvalue weighted by atomic mass is 10.1. The first kappa shape index (κ1) is 26.8. The Morgan fingerprint density at radius 1 is 1.06 bits per heavy atom. The molecule has 3 heterocycles. The number of aliphatic hydroxyl groups is 3. The van der Waals surface area contributed by atoms with Crippen LogP contribution < -0.4 is 5.32 Å². The molecule has 1 unspecified atom stereocenters. The number of phosphoric ester groups is 1. The molecule has 18 heteroatoms. The second-order valence-corrected chi connectivity index (χ2v) is 8.21. The van der Waals surface area contributed by atoms with Gasteiger partial charge in [0.1, 0.15) is 30.2 Å². The number of nitrogens with zero attached hydrogens (tertiary/aromatic N) is 3. The van der Waals surface area contributed by atoms with Crippen molar-refractivity contribution in [1.82, 2.24) is 19.9 Å². The van der Waals surface area contributed by atoms with Crippen molar-refractivity contribution < 1.29 is 56.5 Å². The summed E-state index contributed by atoms with van der Waals surface area (Å²) in [6, 6.07) is 0.589. The average molecular weight is 527 g/mol. The number of fused-ring (bicyclic) bond motifs is 1. The maximum absolute atomic E-state index is 13.5. The van der Waals surface area contributed by atoms with Crippen molar-refractivity contribution in [3.05, 3.63) is 47.6 Å². The van der Waals surface area contributed by atoms with E-state index in [0.717, 1.165) is 0 Å². The molecule has 1 fully saturated rings. The van der Waals surface area contributed by atoms with E-state index >= 15 is 0 Å². The summed E-state index contributed by atoms with van der Waals surface area (Å²) in [7, 11) is -4.64. The number of rotatable bonds is 6. The van der Waals surface area contributed by atoms with Gasteiger partial charge in [-0.2, -0.15) is 0 Å². The minimum absolute atomic E-state index is 0.280. The van der Waals surface area contributed by atoms with E-state index in [1.54, 1.807) is 0 Å². The van der Waals surface area contributed by atoms with Crippen LogP contribution in [0.4, 0.5) is 23.4 Å². The number of hydrogen-bond donors (Lipinski definition) is 7. The molecule has 4 rings (SSSR count). The molecule has 0 aliphatic carbocycles. The van der Waals surface area contributed by atoms with Crippen LogP contribution in [-0.4, -0.2) is 76.3 Å². The number of anilines is 1. The summed E-state index contributed by atoms with van der Waals surface area (Å²) in [6.45, 7) is -0.898. The van der Waals surface area contributed by atoms with Gasteiger partial charge in [-0.3, -0.25) is 4.52 Å². The summed E-state index contributed by atoms with van der Waals surface area (Å²) in [6.07, 6.45) is -3.05.